The van der Waals surface area contributed by atoms with Crippen molar-refractivity contribution >= 4 is 22.4 Å². The van der Waals surface area contributed by atoms with Crippen LogP contribution in [-0.2, 0) is 16.1 Å². The van der Waals surface area contributed by atoms with Crippen LogP contribution >= 0.6 is 11.3 Å². The normalized spacial score (nSPS) is 16.0. The van der Waals surface area contributed by atoms with Gasteiger partial charge in [0.25, 0.3) is 5.56 Å². The molecule has 4 rings (SSSR count). The van der Waals surface area contributed by atoms with E-state index in [1.54, 1.807) is 13.2 Å². The predicted octanol–water partition coefficient (Wildman–Crippen LogP) is 2.26. The highest BCUT2D eigenvalue weighted by Crippen LogP contribution is 2.31. The van der Waals surface area contributed by atoms with Crippen LogP contribution in [0.3, 0.4) is 0 Å². The van der Waals surface area contributed by atoms with Crippen LogP contribution in [0, 0.1) is 0 Å². The third-order valence-electron chi connectivity index (χ3n) is 4.42. The lowest BCUT2D eigenvalue weighted by atomic mass is 10.1. The maximum Gasteiger partial charge on any atom is 0.267 e. The Morgan fingerprint density at radius 3 is 3.03 bits per heavy atom. The van der Waals surface area contributed by atoms with E-state index in [9.17, 15) is 9.59 Å². The summed E-state index contributed by atoms with van der Waals surface area (Å²) in [5, 5.41) is 16.2. The Kier molecular flexibility index (Phi) is 5.63. The van der Waals surface area contributed by atoms with Crippen molar-refractivity contribution < 1.29 is 14.3 Å². The lowest BCUT2D eigenvalue weighted by Gasteiger charge is -2.08. The molecule has 1 atom stereocenters. The molecule has 1 aliphatic rings. The minimum atomic E-state index is -0.405. The smallest absolute Gasteiger partial charge is 0.267 e. The molecular weight excluding hydrogens is 394 g/mol. The van der Waals surface area contributed by atoms with Gasteiger partial charge in [0, 0.05) is 18.2 Å². The number of ether oxygens (including phenoxy) is 2. The number of nitrogens with one attached hydrogen (secondary N) is 1. The second-order valence-electron chi connectivity index (χ2n) is 6.44. The van der Waals surface area contributed by atoms with E-state index in [4.69, 9.17) is 9.47 Å². The highest BCUT2D eigenvalue weighted by atomic mass is 32.1. The minimum Gasteiger partial charge on any atom is -0.497 e. The fourth-order valence-electron chi connectivity index (χ4n) is 2.98. The van der Waals surface area contributed by atoms with E-state index in [1.165, 1.54) is 17.4 Å². The number of anilines is 1. The number of carbonyl (C=O) groups is 1. The van der Waals surface area contributed by atoms with E-state index < -0.39 is 5.91 Å². The molecule has 10 heteroatoms. The summed E-state index contributed by atoms with van der Waals surface area (Å²) in [6, 6.07) is 10.3. The van der Waals surface area contributed by atoms with Crippen molar-refractivity contribution in [2.24, 2.45) is 0 Å². The first-order chi connectivity index (χ1) is 14.1. The largest absolute Gasteiger partial charge is 0.497 e. The minimum absolute atomic E-state index is 0.0537. The summed E-state index contributed by atoms with van der Waals surface area (Å²) in [5.41, 5.74) is 0.973. The van der Waals surface area contributed by atoms with Gasteiger partial charge in [0.05, 0.1) is 12.8 Å². The van der Waals surface area contributed by atoms with Crippen molar-refractivity contribution in [2.75, 3.05) is 19.0 Å². The Morgan fingerprint density at radius 2 is 2.24 bits per heavy atom. The van der Waals surface area contributed by atoms with Crippen molar-refractivity contribution in [1.29, 1.82) is 0 Å². The molecule has 0 aliphatic carbocycles. The second-order valence-corrected chi connectivity index (χ2v) is 7.45. The van der Waals surface area contributed by atoms with Crippen molar-refractivity contribution in [3.8, 4) is 17.0 Å². The Morgan fingerprint density at radius 1 is 1.34 bits per heavy atom. The molecule has 29 heavy (non-hydrogen) atoms. The average Bonchev–Trinajstić information content (AvgIpc) is 3.41. The lowest BCUT2D eigenvalue weighted by molar-refractivity contribution is -0.117. The third-order valence-corrected chi connectivity index (χ3v) is 5.35. The quantitative estimate of drug-likeness (QED) is 0.660. The fraction of sp³-hybridized carbons (Fsp3) is 0.316. The molecule has 3 heterocycles. The molecule has 150 valence electrons. The van der Waals surface area contributed by atoms with Gasteiger partial charge in [-0.15, -0.1) is 10.2 Å². The number of methoxy groups -OCH3 is 1. The molecule has 1 aliphatic heterocycles. The third kappa shape index (κ3) is 4.49. The monoisotopic (exact) mass is 413 g/mol. The van der Waals surface area contributed by atoms with Crippen LogP contribution in [0.2, 0.25) is 0 Å². The number of aromatic nitrogens is 4. The standard InChI is InChI=1S/C19H19N5O4S/c1-27-13-5-2-4-12(10-13)14-7-8-17(26)24(23-14)11-16(25)20-19-22-21-18(29-19)15-6-3-9-28-15/h2,4-5,7-8,10,15H,3,6,9,11H2,1H3,(H,20,22,25)/t15-/m1/s1. The zero-order valence-corrected chi connectivity index (χ0v) is 16.5. The van der Waals surface area contributed by atoms with Crippen LogP contribution in [0.25, 0.3) is 11.3 Å². The molecule has 0 bridgehead atoms. The Bertz CT molecular complexity index is 1070. The van der Waals surface area contributed by atoms with Crippen molar-refractivity contribution in [2.45, 2.75) is 25.5 Å². The van der Waals surface area contributed by atoms with Crippen molar-refractivity contribution in [1.82, 2.24) is 20.0 Å². The van der Waals surface area contributed by atoms with Crippen LogP contribution in [0.1, 0.15) is 24.0 Å². The van der Waals surface area contributed by atoms with Crippen LogP contribution in [0.5, 0.6) is 5.75 Å². The molecule has 0 unspecified atom stereocenters. The Labute approximate surface area is 170 Å². The molecule has 0 radical (unpaired) electrons. The summed E-state index contributed by atoms with van der Waals surface area (Å²) in [6.07, 6.45) is 1.84. The molecule has 1 N–H and O–H groups in total. The van der Waals surface area contributed by atoms with E-state index >= 15 is 0 Å². The maximum atomic E-state index is 12.4. The van der Waals surface area contributed by atoms with Crippen molar-refractivity contribution in [3.05, 3.63) is 51.8 Å². The molecule has 9 nitrogen and oxygen atoms in total. The van der Waals surface area contributed by atoms with Gasteiger partial charge in [0.1, 0.15) is 23.4 Å². The summed E-state index contributed by atoms with van der Waals surface area (Å²) in [7, 11) is 1.58. The van der Waals surface area contributed by atoms with Crippen LogP contribution in [0.15, 0.2) is 41.2 Å². The van der Waals surface area contributed by atoms with E-state index in [1.807, 2.05) is 24.3 Å². The molecule has 2 aromatic heterocycles. The molecular formula is C19H19N5O4S. The van der Waals surface area contributed by atoms with Gasteiger partial charge in [-0.2, -0.15) is 5.10 Å². The topological polar surface area (TPSA) is 108 Å². The highest BCUT2D eigenvalue weighted by Gasteiger charge is 2.22. The number of nitrogens with zero attached hydrogens (tertiary/aromatic N) is 4. The van der Waals surface area contributed by atoms with Crippen LogP contribution in [0.4, 0.5) is 5.13 Å². The van der Waals surface area contributed by atoms with Gasteiger partial charge >= 0.3 is 0 Å². The lowest BCUT2D eigenvalue weighted by Crippen LogP contribution is -2.29. The van der Waals surface area contributed by atoms with Gasteiger partial charge in [-0.25, -0.2) is 4.68 Å². The molecule has 1 amide bonds. The Balaban J connectivity index is 1.47. The predicted molar refractivity (Wildman–Crippen MR) is 107 cm³/mol. The van der Waals surface area contributed by atoms with E-state index in [2.05, 4.69) is 20.6 Å². The number of benzene rings is 1. The van der Waals surface area contributed by atoms with Gasteiger partial charge in [-0.1, -0.05) is 23.5 Å². The zero-order chi connectivity index (χ0) is 20.2. The summed E-state index contributed by atoms with van der Waals surface area (Å²) < 4.78 is 11.9. The van der Waals surface area contributed by atoms with Gasteiger partial charge in [0.2, 0.25) is 11.0 Å². The summed E-state index contributed by atoms with van der Waals surface area (Å²) in [4.78, 5) is 24.5. The SMILES string of the molecule is COc1cccc(-c2ccc(=O)n(CC(=O)Nc3nnc([C@H]4CCCO4)s3)n2)c1. The number of hydrogen-bond donors (Lipinski definition) is 1. The van der Waals surface area contributed by atoms with E-state index in [-0.39, 0.29) is 18.2 Å². The molecule has 3 aromatic rings. The molecule has 0 saturated carbocycles. The maximum absolute atomic E-state index is 12.4. The van der Waals surface area contributed by atoms with E-state index in [0.717, 1.165) is 28.1 Å². The van der Waals surface area contributed by atoms with Gasteiger partial charge < -0.3 is 9.47 Å². The number of hydrogen-bond acceptors (Lipinski definition) is 8. The summed E-state index contributed by atoms with van der Waals surface area (Å²) >= 11 is 1.28. The van der Waals surface area contributed by atoms with Crippen LogP contribution in [-0.4, -0.2) is 39.6 Å². The zero-order valence-electron chi connectivity index (χ0n) is 15.7. The summed E-state index contributed by atoms with van der Waals surface area (Å²) in [5.74, 6) is 0.274. The van der Waals surface area contributed by atoms with Gasteiger partial charge in [-0.3, -0.25) is 14.9 Å². The number of amides is 1. The second kappa shape index (κ2) is 8.50. The molecule has 1 saturated heterocycles. The molecule has 1 fully saturated rings. The number of rotatable bonds is 6. The fourth-order valence-corrected chi connectivity index (χ4v) is 3.82. The first-order valence-corrected chi connectivity index (χ1v) is 9.91. The average molecular weight is 413 g/mol. The first-order valence-electron chi connectivity index (χ1n) is 9.10. The molecule has 0 spiro atoms. The van der Waals surface area contributed by atoms with Gasteiger partial charge in [-0.05, 0) is 31.0 Å². The van der Waals surface area contributed by atoms with E-state index in [0.29, 0.717) is 23.2 Å². The molecule has 1 aromatic carbocycles. The van der Waals surface area contributed by atoms with Crippen LogP contribution < -0.4 is 15.6 Å². The van der Waals surface area contributed by atoms with Gasteiger partial charge in [0.15, 0.2) is 0 Å². The number of carbonyl (C=O) groups excluding carboxylic acids is 1. The first kappa shape index (κ1) is 19.2. The summed E-state index contributed by atoms with van der Waals surface area (Å²) in [6.45, 7) is 0.482. The Hall–Kier alpha value is -3.11. The van der Waals surface area contributed by atoms with Crippen molar-refractivity contribution in [3.63, 3.8) is 0 Å². The highest BCUT2D eigenvalue weighted by molar-refractivity contribution is 7.15.